The Labute approximate surface area is 152 Å². The van der Waals surface area contributed by atoms with E-state index in [1.54, 1.807) is 6.20 Å². The lowest BCUT2D eigenvalue weighted by Crippen LogP contribution is -2.67. The summed E-state index contributed by atoms with van der Waals surface area (Å²) < 4.78 is 1.91. The van der Waals surface area contributed by atoms with Gasteiger partial charge in [0, 0.05) is 56.5 Å². The van der Waals surface area contributed by atoms with Gasteiger partial charge < -0.3 is 10.2 Å². The van der Waals surface area contributed by atoms with E-state index in [1.807, 2.05) is 17.5 Å². The van der Waals surface area contributed by atoms with Crippen LogP contribution in [0, 0.1) is 12.8 Å². The molecule has 138 valence electrons. The predicted molar refractivity (Wildman–Crippen MR) is 97.7 cm³/mol. The van der Waals surface area contributed by atoms with Gasteiger partial charge in [0.1, 0.15) is 12.1 Å². The van der Waals surface area contributed by atoms with E-state index in [1.165, 1.54) is 12.8 Å². The molecular formula is C18H25N7O. The fourth-order valence-electron chi connectivity index (χ4n) is 4.17. The first-order chi connectivity index (χ1) is 12.7. The predicted octanol–water partition coefficient (Wildman–Crippen LogP) is 0.331. The van der Waals surface area contributed by atoms with Crippen molar-refractivity contribution >= 4 is 17.4 Å². The molecule has 2 N–H and O–H groups in total. The molecule has 5 rings (SSSR count). The highest BCUT2D eigenvalue weighted by molar-refractivity contribution is 5.77. The number of rotatable bonds is 3. The fourth-order valence-corrected chi connectivity index (χ4v) is 4.17. The Morgan fingerprint density at radius 2 is 2.00 bits per heavy atom. The van der Waals surface area contributed by atoms with Crippen molar-refractivity contribution in [1.82, 2.24) is 30.1 Å². The van der Waals surface area contributed by atoms with Crippen molar-refractivity contribution in [2.75, 3.05) is 31.1 Å². The van der Waals surface area contributed by atoms with E-state index >= 15 is 0 Å². The maximum atomic E-state index is 12.1. The van der Waals surface area contributed by atoms with Gasteiger partial charge in [0.25, 0.3) is 0 Å². The standard InChI is InChI=1S/C18H25N7O/c1-12-10-17(25-15(20-12)4-5-19-25)23-6-8-24(9-7-23)18-21-14(13-2-3-13)11-16(26)22-18/h4-5,10,13-14,18,21H,2-3,6-9,11H2,1H3,(H,22,26). The molecule has 2 unspecified atom stereocenters. The summed E-state index contributed by atoms with van der Waals surface area (Å²) in [4.78, 5) is 21.3. The van der Waals surface area contributed by atoms with Gasteiger partial charge >= 0.3 is 0 Å². The lowest BCUT2D eigenvalue weighted by molar-refractivity contribution is -0.127. The molecule has 2 aromatic heterocycles. The fraction of sp³-hybridized carbons (Fsp3) is 0.611. The highest BCUT2D eigenvalue weighted by Gasteiger charge is 2.39. The van der Waals surface area contributed by atoms with E-state index in [2.05, 4.69) is 36.6 Å². The van der Waals surface area contributed by atoms with Crippen molar-refractivity contribution in [3.8, 4) is 0 Å². The van der Waals surface area contributed by atoms with Gasteiger partial charge in [-0.25, -0.2) is 4.98 Å². The Hall–Kier alpha value is -2.19. The van der Waals surface area contributed by atoms with Gasteiger partial charge in [-0.2, -0.15) is 9.61 Å². The summed E-state index contributed by atoms with van der Waals surface area (Å²) >= 11 is 0. The van der Waals surface area contributed by atoms with Crippen molar-refractivity contribution in [2.24, 2.45) is 5.92 Å². The molecule has 0 spiro atoms. The van der Waals surface area contributed by atoms with Crippen LogP contribution >= 0.6 is 0 Å². The first-order valence-corrected chi connectivity index (χ1v) is 9.53. The van der Waals surface area contributed by atoms with E-state index in [4.69, 9.17) is 0 Å². The number of amides is 1. The van der Waals surface area contributed by atoms with Crippen LogP contribution in [0.1, 0.15) is 25.0 Å². The third kappa shape index (κ3) is 2.93. The molecule has 8 heteroatoms. The van der Waals surface area contributed by atoms with Gasteiger partial charge in [-0.05, 0) is 25.7 Å². The Morgan fingerprint density at radius 3 is 2.77 bits per heavy atom. The molecule has 26 heavy (non-hydrogen) atoms. The van der Waals surface area contributed by atoms with Crippen molar-refractivity contribution in [3.63, 3.8) is 0 Å². The highest BCUT2D eigenvalue weighted by Crippen LogP contribution is 2.35. The van der Waals surface area contributed by atoms with Crippen LogP contribution in [0.15, 0.2) is 18.3 Å². The van der Waals surface area contributed by atoms with E-state index in [9.17, 15) is 4.79 Å². The van der Waals surface area contributed by atoms with Crippen LogP contribution in [-0.2, 0) is 4.79 Å². The number of nitrogens with one attached hydrogen (secondary N) is 2. The van der Waals surface area contributed by atoms with Crippen LogP contribution in [0.3, 0.4) is 0 Å². The van der Waals surface area contributed by atoms with Crippen LogP contribution in [0.5, 0.6) is 0 Å². The van der Waals surface area contributed by atoms with Crippen LogP contribution in [0.25, 0.3) is 5.65 Å². The lowest BCUT2D eigenvalue weighted by Gasteiger charge is -2.43. The molecule has 0 radical (unpaired) electrons. The van der Waals surface area contributed by atoms with Gasteiger partial charge in [0.15, 0.2) is 5.65 Å². The van der Waals surface area contributed by atoms with E-state index in [-0.39, 0.29) is 12.2 Å². The number of fused-ring (bicyclic) bond motifs is 1. The van der Waals surface area contributed by atoms with Crippen molar-refractivity contribution in [3.05, 3.63) is 24.0 Å². The van der Waals surface area contributed by atoms with Crippen LogP contribution in [-0.4, -0.2) is 63.9 Å². The Morgan fingerprint density at radius 1 is 1.19 bits per heavy atom. The molecular weight excluding hydrogens is 330 g/mol. The van der Waals surface area contributed by atoms with Crippen LogP contribution in [0.4, 0.5) is 5.82 Å². The average Bonchev–Trinajstić information content (AvgIpc) is 3.39. The zero-order chi connectivity index (χ0) is 17.7. The molecule has 4 heterocycles. The summed E-state index contributed by atoms with van der Waals surface area (Å²) in [5.41, 5.74) is 1.89. The molecule has 2 aliphatic heterocycles. The van der Waals surface area contributed by atoms with Gasteiger partial charge in [0.05, 0.1) is 6.20 Å². The number of hydrogen-bond donors (Lipinski definition) is 2. The quantitative estimate of drug-likeness (QED) is 0.826. The Balaban J connectivity index is 1.28. The SMILES string of the molecule is Cc1cc(N2CCN(C3NC(=O)CC(C4CC4)N3)CC2)n2nccc2n1. The number of anilines is 1. The number of carbonyl (C=O) groups excluding carboxylic acids is 1. The lowest BCUT2D eigenvalue weighted by atomic mass is 10.1. The van der Waals surface area contributed by atoms with Crippen LogP contribution in [0.2, 0.25) is 0 Å². The second-order valence-electron chi connectivity index (χ2n) is 7.66. The Kier molecular flexibility index (Phi) is 3.82. The molecule has 2 atom stereocenters. The summed E-state index contributed by atoms with van der Waals surface area (Å²) in [6.45, 7) is 5.63. The highest BCUT2D eigenvalue weighted by atomic mass is 16.2. The smallest absolute Gasteiger partial charge is 0.223 e. The maximum absolute atomic E-state index is 12.1. The molecule has 0 aromatic carbocycles. The van der Waals surface area contributed by atoms with Crippen molar-refractivity contribution in [1.29, 1.82) is 0 Å². The second-order valence-corrected chi connectivity index (χ2v) is 7.66. The molecule has 3 aliphatic rings. The number of aromatic nitrogens is 3. The van der Waals surface area contributed by atoms with Gasteiger partial charge in [0.2, 0.25) is 5.91 Å². The minimum absolute atomic E-state index is 0.0344. The first kappa shape index (κ1) is 16.0. The van der Waals surface area contributed by atoms with Gasteiger partial charge in [-0.3, -0.25) is 15.0 Å². The molecule has 1 aliphatic carbocycles. The number of aryl methyl sites for hydroxylation is 1. The molecule has 1 saturated carbocycles. The largest absolute Gasteiger partial charge is 0.354 e. The summed E-state index contributed by atoms with van der Waals surface area (Å²) in [7, 11) is 0. The summed E-state index contributed by atoms with van der Waals surface area (Å²) in [6.07, 6.45) is 4.89. The van der Waals surface area contributed by atoms with E-state index < -0.39 is 0 Å². The molecule has 8 nitrogen and oxygen atoms in total. The number of nitrogens with zero attached hydrogens (tertiary/aromatic N) is 5. The van der Waals surface area contributed by atoms with Crippen molar-refractivity contribution < 1.29 is 4.79 Å². The normalized spacial score (nSPS) is 27.7. The maximum Gasteiger partial charge on any atom is 0.223 e. The van der Waals surface area contributed by atoms with Gasteiger partial charge in [-0.1, -0.05) is 0 Å². The molecule has 2 aromatic rings. The second kappa shape index (κ2) is 6.21. The topological polar surface area (TPSA) is 77.8 Å². The summed E-state index contributed by atoms with van der Waals surface area (Å²) in [5, 5.41) is 11.2. The third-order valence-electron chi connectivity index (χ3n) is 5.74. The summed E-state index contributed by atoms with van der Waals surface area (Å²) in [6, 6.07) is 4.38. The minimum Gasteiger partial charge on any atom is -0.354 e. The monoisotopic (exact) mass is 355 g/mol. The average molecular weight is 355 g/mol. The zero-order valence-corrected chi connectivity index (χ0v) is 15.1. The molecule has 0 bridgehead atoms. The molecule has 2 saturated heterocycles. The first-order valence-electron chi connectivity index (χ1n) is 9.53. The summed E-state index contributed by atoms with van der Waals surface area (Å²) in [5.74, 6) is 1.96. The Bertz CT molecular complexity index is 822. The molecule has 1 amide bonds. The van der Waals surface area contributed by atoms with Crippen molar-refractivity contribution in [2.45, 2.75) is 38.5 Å². The van der Waals surface area contributed by atoms with E-state index in [0.717, 1.165) is 43.3 Å². The number of piperazine rings is 1. The van der Waals surface area contributed by atoms with Crippen LogP contribution < -0.4 is 15.5 Å². The minimum atomic E-state index is -0.0344. The third-order valence-corrected chi connectivity index (χ3v) is 5.74. The number of carbonyl (C=O) groups is 1. The zero-order valence-electron chi connectivity index (χ0n) is 15.1. The van der Waals surface area contributed by atoms with Gasteiger partial charge in [-0.15, -0.1) is 0 Å². The van der Waals surface area contributed by atoms with E-state index in [0.29, 0.717) is 18.4 Å². The number of hydrogen-bond acceptors (Lipinski definition) is 6. The molecule has 3 fully saturated rings.